The van der Waals surface area contributed by atoms with Crippen LogP contribution in [0.25, 0.3) is 0 Å². The van der Waals surface area contributed by atoms with E-state index in [0.717, 1.165) is 5.67 Å². The van der Waals surface area contributed by atoms with Gasteiger partial charge in [-0.1, -0.05) is 0 Å². The van der Waals surface area contributed by atoms with Crippen LogP contribution in [0.4, 0.5) is 0 Å². The Kier molecular flexibility index (Phi) is 8.63. The summed E-state index contributed by atoms with van der Waals surface area (Å²) in [4.78, 5) is 0. The minimum absolute atomic E-state index is 1.08. The van der Waals surface area contributed by atoms with Gasteiger partial charge in [0.05, 0.1) is 0 Å². The summed E-state index contributed by atoms with van der Waals surface area (Å²) >= 11 is 0. The molecule has 10 heteroatoms. The first-order valence-electron chi connectivity index (χ1n) is 9.34. The molecule has 0 rings (SSSR count). The van der Waals surface area contributed by atoms with E-state index in [-0.39, 0.29) is 0 Å². The van der Waals surface area contributed by atoms with E-state index >= 15 is 0 Å². The molecule has 0 saturated carbocycles. The summed E-state index contributed by atoms with van der Waals surface area (Å²) in [5, 5.41) is 0. The largest absolute Gasteiger partial charge is 0.466 e. The molecule has 0 radical (unpaired) electrons. The molecule has 0 heterocycles. The van der Waals surface area contributed by atoms with E-state index in [0.29, 0.717) is 0 Å². The monoisotopic (exact) mass is 456 g/mol. The van der Waals surface area contributed by atoms with Gasteiger partial charge in [0.25, 0.3) is 0 Å². The first-order valence-corrected chi connectivity index (χ1v) is 28.0. The lowest BCUT2D eigenvalue weighted by molar-refractivity contribution is 0.262. The number of rotatable bonds is 10. The van der Waals surface area contributed by atoms with Crippen LogP contribution in [-0.2, 0) is 16.5 Å². The van der Waals surface area contributed by atoms with Crippen LogP contribution in [0.5, 0.6) is 0 Å². The number of hydrogen-bond donors (Lipinski definition) is 0. The predicted molar refractivity (Wildman–Crippen MR) is 126 cm³/mol. The molecule has 25 heavy (non-hydrogen) atoms. The SMILES string of the molecule is C[Si](C)(C)O[Si](C)(C)C[Si](C)(C)O[Si](C)(O[Si](C)(C)C)O[Si](C)(C)C. The van der Waals surface area contributed by atoms with E-state index in [1.807, 2.05) is 0 Å². The maximum Gasteiger partial charge on any atom is 0.466 e. The van der Waals surface area contributed by atoms with Gasteiger partial charge < -0.3 is 16.5 Å². The highest BCUT2D eigenvalue weighted by molar-refractivity contribution is 6.97. The normalized spacial score (nSPS) is 15.6. The minimum Gasteiger partial charge on any atom is -0.456 e. The second-order valence-corrected chi connectivity index (χ2v) is 37.4. The maximum absolute atomic E-state index is 6.80. The van der Waals surface area contributed by atoms with Crippen molar-refractivity contribution in [1.29, 1.82) is 0 Å². The van der Waals surface area contributed by atoms with E-state index in [1.165, 1.54) is 0 Å². The fourth-order valence-corrected chi connectivity index (χ4v) is 34.9. The molecule has 0 saturated heterocycles. The molecular formula is C15H44O4Si6. The van der Waals surface area contributed by atoms with E-state index in [1.54, 1.807) is 0 Å². The summed E-state index contributed by atoms with van der Waals surface area (Å²) in [5.74, 6) is 0. The molecule has 0 aliphatic rings. The van der Waals surface area contributed by atoms with Crippen molar-refractivity contribution in [3.8, 4) is 0 Å². The fourth-order valence-electron chi connectivity index (χ4n) is 3.60. The van der Waals surface area contributed by atoms with Crippen LogP contribution in [0.3, 0.4) is 0 Å². The molecule has 0 amide bonds. The second kappa shape index (κ2) is 8.25. The van der Waals surface area contributed by atoms with Crippen LogP contribution in [0.2, 0.25) is 97.3 Å². The van der Waals surface area contributed by atoms with E-state index in [4.69, 9.17) is 16.5 Å². The molecule has 0 aliphatic carbocycles. The third-order valence-corrected chi connectivity index (χ3v) is 25.9. The van der Waals surface area contributed by atoms with Crippen LogP contribution in [0.15, 0.2) is 0 Å². The second-order valence-electron chi connectivity index (χ2n) is 11.3. The summed E-state index contributed by atoms with van der Waals surface area (Å²) in [5.41, 5.74) is 1.08. The Labute approximate surface area is 164 Å². The van der Waals surface area contributed by atoms with Crippen molar-refractivity contribution in [2.24, 2.45) is 0 Å². The minimum atomic E-state index is -2.65. The molecule has 152 valence electrons. The van der Waals surface area contributed by atoms with Gasteiger partial charge in [0.1, 0.15) is 0 Å². The molecule has 0 atom stereocenters. The van der Waals surface area contributed by atoms with Crippen LogP contribution in [0, 0.1) is 0 Å². The molecule has 0 aromatic heterocycles. The Morgan fingerprint density at radius 2 is 0.680 bits per heavy atom. The van der Waals surface area contributed by atoms with Gasteiger partial charge in [-0.05, 0) is 90.8 Å². The van der Waals surface area contributed by atoms with Gasteiger partial charge in [0.15, 0.2) is 41.6 Å². The third-order valence-electron chi connectivity index (χ3n) is 2.88. The van der Waals surface area contributed by atoms with E-state index < -0.39 is 50.4 Å². The highest BCUT2D eigenvalue weighted by Gasteiger charge is 2.49. The summed E-state index contributed by atoms with van der Waals surface area (Å²) in [6, 6.07) is 0. The lowest BCUT2D eigenvalue weighted by atomic mass is 11.8. The van der Waals surface area contributed by atoms with E-state index in [9.17, 15) is 0 Å². The average molecular weight is 457 g/mol. The van der Waals surface area contributed by atoms with Crippen molar-refractivity contribution in [2.45, 2.75) is 97.3 Å². The Morgan fingerprint density at radius 3 is 0.960 bits per heavy atom. The smallest absolute Gasteiger partial charge is 0.456 e. The standard InChI is InChI=1S/C15H44O4Si6/c1-20(2,3)16-23(10,11)15-24(12,13)19-25(14,17-21(4,5)6)18-22(7,8)9/h15H2,1-14H3. The van der Waals surface area contributed by atoms with Gasteiger partial charge in [-0.2, -0.15) is 0 Å². The number of hydrogen-bond acceptors (Lipinski definition) is 4. The van der Waals surface area contributed by atoms with Crippen LogP contribution < -0.4 is 0 Å². The van der Waals surface area contributed by atoms with Crippen molar-refractivity contribution in [2.75, 3.05) is 0 Å². The molecule has 0 spiro atoms. The maximum atomic E-state index is 6.80. The highest BCUT2D eigenvalue weighted by atomic mass is 28.5. The predicted octanol–water partition coefficient (Wildman–Crippen LogP) is 6.08. The molecule has 0 bridgehead atoms. The first-order chi connectivity index (χ1) is 10.5. The lowest BCUT2D eigenvalue weighted by Gasteiger charge is -2.43. The molecule has 0 aromatic rings. The van der Waals surface area contributed by atoms with Crippen molar-refractivity contribution in [1.82, 2.24) is 0 Å². The first kappa shape index (κ1) is 26.1. The summed E-state index contributed by atoms with van der Waals surface area (Å²) < 4.78 is 26.4. The zero-order valence-electron chi connectivity index (χ0n) is 19.3. The zero-order chi connectivity index (χ0) is 20.5. The van der Waals surface area contributed by atoms with E-state index in [2.05, 4.69) is 91.7 Å². The molecule has 0 fully saturated rings. The van der Waals surface area contributed by atoms with Gasteiger partial charge in [0.2, 0.25) is 0 Å². The molecule has 0 aromatic carbocycles. The van der Waals surface area contributed by atoms with Gasteiger partial charge in [-0.25, -0.2) is 0 Å². The average Bonchev–Trinajstić information content (AvgIpc) is 1.97. The van der Waals surface area contributed by atoms with Crippen molar-refractivity contribution < 1.29 is 16.5 Å². The van der Waals surface area contributed by atoms with Crippen molar-refractivity contribution >= 4 is 50.4 Å². The van der Waals surface area contributed by atoms with Crippen LogP contribution in [-0.4, -0.2) is 50.4 Å². The molecule has 0 aliphatic heterocycles. The van der Waals surface area contributed by atoms with Gasteiger partial charge in [-0.3, -0.25) is 0 Å². The van der Waals surface area contributed by atoms with Crippen LogP contribution in [0.1, 0.15) is 0 Å². The van der Waals surface area contributed by atoms with Crippen molar-refractivity contribution in [3.05, 3.63) is 0 Å². The highest BCUT2D eigenvalue weighted by Crippen LogP contribution is 2.30. The van der Waals surface area contributed by atoms with Crippen molar-refractivity contribution in [3.63, 3.8) is 0 Å². The fraction of sp³-hybridized carbons (Fsp3) is 1.00. The summed E-state index contributed by atoms with van der Waals surface area (Å²) in [7, 11) is -11.4. The summed E-state index contributed by atoms with van der Waals surface area (Å²) in [6.07, 6.45) is 0. The zero-order valence-corrected chi connectivity index (χ0v) is 25.3. The lowest BCUT2D eigenvalue weighted by Crippen LogP contribution is -2.60. The van der Waals surface area contributed by atoms with Gasteiger partial charge >= 0.3 is 8.80 Å². The summed E-state index contributed by atoms with van der Waals surface area (Å²) in [6.45, 7) is 31.5. The molecule has 0 N–H and O–H groups in total. The molecule has 0 unspecified atom stereocenters. The topological polar surface area (TPSA) is 36.9 Å². The third kappa shape index (κ3) is 13.9. The quantitative estimate of drug-likeness (QED) is 0.373. The van der Waals surface area contributed by atoms with Gasteiger partial charge in [0, 0.05) is 6.55 Å². The van der Waals surface area contributed by atoms with Gasteiger partial charge in [-0.15, -0.1) is 0 Å². The van der Waals surface area contributed by atoms with Crippen LogP contribution >= 0.6 is 0 Å². The Hall–Kier alpha value is 1.14. The Morgan fingerprint density at radius 1 is 0.400 bits per heavy atom. The Bertz CT molecular complexity index is 419. The Balaban J connectivity index is 5.37. The molecule has 4 nitrogen and oxygen atoms in total. The molecular weight excluding hydrogens is 413 g/mol.